The Morgan fingerprint density at radius 3 is 2.70 bits per heavy atom. The van der Waals surface area contributed by atoms with E-state index in [0.29, 0.717) is 17.8 Å². The smallest absolute Gasteiger partial charge is 0.174 e. The van der Waals surface area contributed by atoms with Gasteiger partial charge in [-0.1, -0.05) is 40.0 Å². The lowest BCUT2D eigenvalue weighted by Crippen LogP contribution is -2.50. The fourth-order valence-electron chi connectivity index (χ4n) is 9.02. The standard InChI is InChI=1S/C29H38FNO2/c1-4-6-19-18(5-2)8-9-21-20(19)11-12-29(3)27(21)22-14-23(22)28(29)25(32)16-33-26-10-7-17(15-31)13-24(26)30/h7,10,13,18-23,27-28H,4-6,8-9,11-12,14,16H2,1-3H3. The molecule has 4 fully saturated rings. The van der Waals surface area contributed by atoms with Gasteiger partial charge < -0.3 is 4.74 Å². The number of ketones is 1. The summed E-state index contributed by atoms with van der Waals surface area (Å²) in [7, 11) is 0. The number of fused-ring (bicyclic) bond motifs is 5. The summed E-state index contributed by atoms with van der Waals surface area (Å²) < 4.78 is 19.9. The maximum atomic E-state index is 14.3. The van der Waals surface area contributed by atoms with Gasteiger partial charge in [-0.2, -0.15) is 5.26 Å². The average molecular weight is 452 g/mol. The third-order valence-electron chi connectivity index (χ3n) is 10.2. The van der Waals surface area contributed by atoms with Crippen molar-refractivity contribution < 1.29 is 13.9 Å². The number of carbonyl (C=O) groups is 1. The molecule has 178 valence electrons. The number of nitrogens with zero attached hydrogens (tertiary/aromatic N) is 1. The minimum atomic E-state index is -0.572. The molecule has 0 aromatic heterocycles. The van der Waals surface area contributed by atoms with Crippen molar-refractivity contribution in [3.05, 3.63) is 29.6 Å². The van der Waals surface area contributed by atoms with E-state index in [1.165, 1.54) is 63.1 Å². The zero-order chi connectivity index (χ0) is 23.3. The zero-order valence-corrected chi connectivity index (χ0v) is 20.4. The van der Waals surface area contributed by atoms with Gasteiger partial charge in [0.25, 0.3) is 0 Å². The summed E-state index contributed by atoms with van der Waals surface area (Å²) in [6.07, 6.45) is 10.3. The first-order valence-corrected chi connectivity index (χ1v) is 13.3. The van der Waals surface area contributed by atoms with Crippen LogP contribution in [0.25, 0.3) is 0 Å². The number of ether oxygens (including phenoxy) is 1. The average Bonchev–Trinajstić information content (AvgIpc) is 3.52. The van der Waals surface area contributed by atoms with Crippen LogP contribution in [0, 0.1) is 69.9 Å². The molecule has 4 saturated carbocycles. The van der Waals surface area contributed by atoms with Gasteiger partial charge in [-0.25, -0.2) is 4.39 Å². The molecular formula is C29H38FNO2. The monoisotopic (exact) mass is 451 g/mol. The summed E-state index contributed by atoms with van der Waals surface area (Å²) in [6.45, 7) is 7.04. The molecule has 0 amide bonds. The van der Waals surface area contributed by atoms with Gasteiger partial charge in [0.15, 0.2) is 17.3 Å². The van der Waals surface area contributed by atoms with Crippen molar-refractivity contribution in [3.8, 4) is 11.8 Å². The molecule has 9 unspecified atom stereocenters. The Labute approximate surface area is 198 Å². The second-order valence-electron chi connectivity index (χ2n) is 11.6. The normalized spacial score (nSPS) is 40.8. The van der Waals surface area contributed by atoms with Crippen molar-refractivity contribution in [2.45, 2.75) is 72.1 Å². The second-order valence-corrected chi connectivity index (χ2v) is 11.6. The highest BCUT2D eigenvalue weighted by molar-refractivity contribution is 5.84. The zero-order valence-electron chi connectivity index (χ0n) is 20.4. The number of halogens is 1. The molecule has 0 spiro atoms. The van der Waals surface area contributed by atoms with Crippen LogP contribution in [0.4, 0.5) is 4.39 Å². The first-order valence-electron chi connectivity index (χ1n) is 13.3. The Bertz CT molecular complexity index is 953. The summed E-state index contributed by atoms with van der Waals surface area (Å²) in [4.78, 5) is 13.5. The van der Waals surface area contributed by atoms with Gasteiger partial charge in [0.1, 0.15) is 6.61 Å². The van der Waals surface area contributed by atoms with E-state index in [1.807, 2.05) is 6.07 Å². The summed E-state index contributed by atoms with van der Waals surface area (Å²) in [5, 5.41) is 8.93. The summed E-state index contributed by atoms with van der Waals surface area (Å²) in [6, 6.07) is 6.10. The van der Waals surface area contributed by atoms with E-state index in [4.69, 9.17) is 10.00 Å². The van der Waals surface area contributed by atoms with Gasteiger partial charge in [0.05, 0.1) is 11.6 Å². The molecule has 1 aromatic carbocycles. The Hall–Kier alpha value is -1.89. The number of nitriles is 1. The molecule has 9 atom stereocenters. The lowest BCUT2D eigenvalue weighted by atomic mass is 9.49. The van der Waals surface area contributed by atoms with E-state index in [9.17, 15) is 9.18 Å². The molecule has 1 aromatic rings. The molecular weight excluding hydrogens is 413 g/mol. The third-order valence-corrected chi connectivity index (χ3v) is 10.2. The molecule has 33 heavy (non-hydrogen) atoms. The molecule has 0 radical (unpaired) electrons. The number of hydrogen-bond donors (Lipinski definition) is 0. The van der Waals surface area contributed by atoms with Crippen LogP contribution >= 0.6 is 0 Å². The van der Waals surface area contributed by atoms with Crippen molar-refractivity contribution in [3.63, 3.8) is 0 Å². The van der Waals surface area contributed by atoms with Crippen LogP contribution in [0.5, 0.6) is 5.75 Å². The van der Waals surface area contributed by atoms with E-state index in [0.717, 1.165) is 30.1 Å². The first kappa shape index (κ1) is 22.9. The molecule has 0 N–H and O–H groups in total. The number of hydrogen-bond acceptors (Lipinski definition) is 3. The molecule has 5 rings (SSSR count). The predicted molar refractivity (Wildman–Crippen MR) is 126 cm³/mol. The van der Waals surface area contributed by atoms with Gasteiger partial charge in [-0.15, -0.1) is 0 Å². The lowest BCUT2D eigenvalue weighted by molar-refractivity contribution is -0.134. The van der Waals surface area contributed by atoms with E-state index < -0.39 is 5.82 Å². The summed E-state index contributed by atoms with van der Waals surface area (Å²) >= 11 is 0. The number of carbonyl (C=O) groups excluding carboxylic acids is 1. The van der Waals surface area contributed by atoms with E-state index >= 15 is 0 Å². The Balaban J connectivity index is 1.31. The van der Waals surface area contributed by atoms with Crippen LogP contribution in [0.1, 0.15) is 77.7 Å². The van der Waals surface area contributed by atoms with Crippen molar-refractivity contribution in [2.75, 3.05) is 6.61 Å². The fourth-order valence-corrected chi connectivity index (χ4v) is 9.02. The van der Waals surface area contributed by atoms with E-state index in [-0.39, 0.29) is 35.0 Å². The van der Waals surface area contributed by atoms with E-state index in [2.05, 4.69) is 20.8 Å². The molecule has 4 aliphatic carbocycles. The van der Waals surface area contributed by atoms with Crippen LogP contribution in [0.2, 0.25) is 0 Å². The van der Waals surface area contributed by atoms with Gasteiger partial charge in [0.2, 0.25) is 0 Å². The van der Waals surface area contributed by atoms with Crippen molar-refractivity contribution in [1.82, 2.24) is 0 Å². The van der Waals surface area contributed by atoms with Crippen LogP contribution in [-0.2, 0) is 4.79 Å². The van der Waals surface area contributed by atoms with Gasteiger partial charge in [-0.3, -0.25) is 4.79 Å². The van der Waals surface area contributed by atoms with Crippen molar-refractivity contribution in [2.24, 2.45) is 52.8 Å². The van der Waals surface area contributed by atoms with Crippen LogP contribution in [0.15, 0.2) is 18.2 Å². The van der Waals surface area contributed by atoms with Crippen LogP contribution < -0.4 is 4.74 Å². The number of Topliss-reactive ketones (excluding diaryl/α,β-unsaturated/α-hetero) is 1. The third kappa shape index (κ3) is 3.71. The van der Waals surface area contributed by atoms with Crippen LogP contribution in [-0.4, -0.2) is 12.4 Å². The highest BCUT2D eigenvalue weighted by Crippen LogP contribution is 2.74. The molecule has 0 bridgehead atoms. The van der Waals surface area contributed by atoms with Gasteiger partial charge >= 0.3 is 0 Å². The quantitative estimate of drug-likeness (QED) is 0.458. The Morgan fingerprint density at radius 2 is 2.00 bits per heavy atom. The SMILES string of the molecule is CCCC1C(CC)CCC2C1CCC1(C)C(C(=O)COc3ccc(C#N)cc3F)C3CC3C21. The number of rotatable bonds is 7. The van der Waals surface area contributed by atoms with Crippen LogP contribution in [0.3, 0.4) is 0 Å². The lowest BCUT2D eigenvalue weighted by Gasteiger charge is -2.55. The molecule has 0 aliphatic heterocycles. The van der Waals surface area contributed by atoms with Gasteiger partial charge in [0, 0.05) is 5.92 Å². The van der Waals surface area contributed by atoms with Crippen molar-refractivity contribution >= 4 is 5.78 Å². The molecule has 3 nitrogen and oxygen atoms in total. The minimum absolute atomic E-state index is 0.0587. The molecule has 4 heteroatoms. The molecule has 0 saturated heterocycles. The Kier molecular flexibility index (Phi) is 6.04. The number of benzene rings is 1. The van der Waals surface area contributed by atoms with E-state index in [1.54, 1.807) is 0 Å². The predicted octanol–water partition coefficient (Wildman–Crippen LogP) is 6.80. The minimum Gasteiger partial charge on any atom is -0.483 e. The fraction of sp³-hybridized carbons (Fsp3) is 0.724. The Morgan fingerprint density at radius 1 is 1.18 bits per heavy atom. The largest absolute Gasteiger partial charge is 0.483 e. The first-order chi connectivity index (χ1) is 15.9. The second kappa shape index (κ2) is 8.71. The highest BCUT2D eigenvalue weighted by Gasteiger charge is 2.70. The van der Waals surface area contributed by atoms with Gasteiger partial charge in [-0.05, 0) is 97.1 Å². The summed E-state index contributed by atoms with van der Waals surface area (Å²) in [5.41, 5.74) is 0.336. The van der Waals surface area contributed by atoms with Crippen molar-refractivity contribution in [1.29, 1.82) is 5.26 Å². The molecule has 4 aliphatic rings. The maximum absolute atomic E-state index is 14.3. The summed E-state index contributed by atoms with van der Waals surface area (Å²) in [5.74, 6) is 5.00. The topological polar surface area (TPSA) is 50.1 Å². The molecule has 0 heterocycles. The maximum Gasteiger partial charge on any atom is 0.174 e. The highest BCUT2D eigenvalue weighted by atomic mass is 19.1.